The summed E-state index contributed by atoms with van der Waals surface area (Å²) < 4.78 is 21.1. The molecule has 4 rings (SSSR count). The molecule has 3 heterocycles. The van der Waals surface area contributed by atoms with Crippen molar-refractivity contribution in [1.82, 2.24) is 14.3 Å². The molecule has 1 amide bonds. The average molecular weight is 359 g/mol. The van der Waals surface area contributed by atoms with Gasteiger partial charge in [-0.3, -0.25) is 9.20 Å². The molecule has 5 nitrogen and oxygen atoms in total. The summed E-state index contributed by atoms with van der Waals surface area (Å²) in [7, 11) is 1.83. The van der Waals surface area contributed by atoms with Gasteiger partial charge in [-0.15, -0.1) is 11.3 Å². The zero-order valence-corrected chi connectivity index (χ0v) is 14.6. The number of carbonyl (C=O) groups excluding carboxylic acids is 1. The summed E-state index contributed by atoms with van der Waals surface area (Å²) >= 11 is 1.38. The summed E-state index contributed by atoms with van der Waals surface area (Å²) in [5.74, 6) is -0.365. The maximum atomic E-state index is 14.0. The van der Waals surface area contributed by atoms with Crippen molar-refractivity contribution in [2.24, 2.45) is 0 Å². The van der Waals surface area contributed by atoms with Gasteiger partial charge in [0.05, 0.1) is 5.69 Å². The number of rotatable bonds is 3. The van der Waals surface area contributed by atoms with Gasteiger partial charge in [-0.25, -0.2) is 9.37 Å². The third-order valence-electron chi connectivity index (χ3n) is 4.64. The second-order valence-corrected chi connectivity index (χ2v) is 6.98. The molecule has 0 bridgehead atoms. The van der Waals surface area contributed by atoms with Crippen LogP contribution in [0.5, 0.6) is 0 Å². The van der Waals surface area contributed by atoms with Gasteiger partial charge in [-0.2, -0.15) is 0 Å². The highest BCUT2D eigenvalue weighted by Crippen LogP contribution is 2.26. The number of halogens is 1. The number of aromatic nitrogens is 2. The highest BCUT2D eigenvalue weighted by Gasteiger charge is 2.26. The van der Waals surface area contributed by atoms with E-state index in [0.29, 0.717) is 35.1 Å². The Morgan fingerprint density at radius 3 is 2.88 bits per heavy atom. The van der Waals surface area contributed by atoms with Gasteiger partial charge < -0.3 is 9.64 Å². The van der Waals surface area contributed by atoms with Crippen LogP contribution in [0.3, 0.4) is 0 Å². The SMILES string of the molecule is CN(C(=O)c1csc2nc(-c3ccccc3F)cn12)C1CCOCC1. The zero-order chi connectivity index (χ0) is 17.4. The molecule has 0 radical (unpaired) electrons. The topological polar surface area (TPSA) is 46.8 Å². The Hall–Kier alpha value is -2.25. The Labute approximate surface area is 148 Å². The summed E-state index contributed by atoms with van der Waals surface area (Å²) in [4.78, 5) is 19.8. The highest BCUT2D eigenvalue weighted by molar-refractivity contribution is 7.15. The molecule has 1 fully saturated rings. The predicted octanol–water partition coefficient (Wildman–Crippen LogP) is 3.45. The normalized spacial score (nSPS) is 15.6. The summed E-state index contributed by atoms with van der Waals surface area (Å²) in [6, 6.07) is 6.71. The number of ether oxygens (including phenoxy) is 1. The van der Waals surface area contributed by atoms with Crippen molar-refractivity contribution in [3.8, 4) is 11.3 Å². The number of fused-ring (bicyclic) bond motifs is 1. The van der Waals surface area contributed by atoms with E-state index in [4.69, 9.17) is 4.74 Å². The molecule has 0 aliphatic carbocycles. The average Bonchev–Trinajstić information content (AvgIpc) is 3.22. The molecule has 1 aliphatic rings. The maximum Gasteiger partial charge on any atom is 0.271 e. The largest absolute Gasteiger partial charge is 0.381 e. The van der Waals surface area contributed by atoms with Crippen molar-refractivity contribution in [2.75, 3.05) is 20.3 Å². The van der Waals surface area contributed by atoms with Gasteiger partial charge in [0.1, 0.15) is 11.5 Å². The Morgan fingerprint density at radius 2 is 2.12 bits per heavy atom. The van der Waals surface area contributed by atoms with Crippen LogP contribution in [0, 0.1) is 5.82 Å². The summed E-state index contributed by atoms with van der Waals surface area (Å²) in [5.41, 5.74) is 1.53. The Balaban J connectivity index is 1.66. The molecule has 0 saturated carbocycles. The van der Waals surface area contributed by atoms with E-state index >= 15 is 0 Å². The van der Waals surface area contributed by atoms with Crippen LogP contribution in [0.1, 0.15) is 23.3 Å². The summed E-state index contributed by atoms with van der Waals surface area (Å²) in [5, 5.41) is 1.81. The lowest BCUT2D eigenvalue weighted by Crippen LogP contribution is -2.41. The molecule has 0 unspecified atom stereocenters. The molecule has 1 aliphatic heterocycles. The Bertz CT molecular complexity index is 914. The fourth-order valence-corrected chi connectivity index (χ4v) is 4.00. The summed E-state index contributed by atoms with van der Waals surface area (Å²) in [6.45, 7) is 1.37. The van der Waals surface area contributed by atoms with Crippen molar-refractivity contribution < 1.29 is 13.9 Å². The molecule has 130 valence electrons. The van der Waals surface area contributed by atoms with E-state index in [-0.39, 0.29) is 17.8 Å². The van der Waals surface area contributed by atoms with Crippen molar-refractivity contribution in [3.63, 3.8) is 0 Å². The van der Waals surface area contributed by atoms with Crippen LogP contribution in [-0.2, 0) is 4.74 Å². The predicted molar refractivity (Wildman–Crippen MR) is 94.4 cm³/mol. The van der Waals surface area contributed by atoms with E-state index in [2.05, 4.69) is 4.98 Å². The lowest BCUT2D eigenvalue weighted by atomic mass is 10.1. The molecule has 0 N–H and O–H groups in total. The van der Waals surface area contributed by atoms with Gasteiger partial charge in [0.25, 0.3) is 5.91 Å². The van der Waals surface area contributed by atoms with E-state index in [0.717, 1.165) is 12.8 Å². The van der Waals surface area contributed by atoms with Gasteiger partial charge in [-0.1, -0.05) is 12.1 Å². The minimum Gasteiger partial charge on any atom is -0.381 e. The first-order valence-corrected chi connectivity index (χ1v) is 9.09. The van der Waals surface area contributed by atoms with Crippen LogP contribution in [0.4, 0.5) is 4.39 Å². The van der Waals surface area contributed by atoms with Crippen molar-refractivity contribution in [1.29, 1.82) is 0 Å². The van der Waals surface area contributed by atoms with Crippen LogP contribution in [-0.4, -0.2) is 46.5 Å². The Kier molecular flexibility index (Phi) is 4.27. The zero-order valence-electron chi connectivity index (χ0n) is 13.8. The first kappa shape index (κ1) is 16.2. The van der Waals surface area contributed by atoms with Gasteiger partial charge in [0.15, 0.2) is 4.96 Å². The number of thiazole rings is 1. The number of hydrogen-bond donors (Lipinski definition) is 0. The van der Waals surface area contributed by atoms with E-state index in [1.54, 1.807) is 33.7 Å². The molecule has 0 spiro atoms. The van der Waals surface area contributed by atoms with Crippen LogP contribution < -0.4 is 0 Å². The van der Waals surface area contributed by atoms with Crippen LogP contribution in [0.15, 0.2) is 35.8 Å². The molecule has 25 heavy (non-hydrogen) atoms. The van der Waals surface area contributed by atoms with Gasteiger partial charge >= 0.3 is 0 Å². The molecule has 1 aromatic carbocycles. The van der Waals surface area contributed by atoms with Gasteiger partial charge in [-0.05, 0) is 25.0 Å². The van der Waals surface area contributed by atoms with Crippen LogP contribution >= 0.6 is 11.3 Å². The van der Waals surface area contributed by atoms with E-state index in [1.165, 1.54) is 17.4 Å². The number of imidazole rings is 1. The number of nitrogens with zero attached hydrogens (tertiary/aromatic N) is 3. The fourth-order valence-electron chi connectivity index (χ4n) is 3.16. The van der Waals surface area contributed by atoms with Gasteiger partial charge in [0.2, 0.25) is 0 Å². The van der Waals surface area contributed by atoms with Crippen molar-refractivity contribution >= 4 is 22.2 Å². The lowest BCUT2D eigenvalue weighted by molar-refractivity contribution is 0.0358. The second kappa shape index (κ2) is 6.57. The minimum atomic E-state index is -0.319. The third kappa shape index (κ3) is 2.94. The number of benzene rings is 1. The number of hydrogen-bond acceptors (Lipinski definition) is 4. The van der Waals surface area contributed by atoms with Gasteiger partial charge in [0, 0.05) is 43.4 Å². The molecule has 2 aromatic heterocycles. The number of amides is 1. The summed E-state index contributed by atoms with van der Waals surface area (Å²) in [6.07, 6.45) is 3.43. The molecule has 1 saturated heterocycles. The number of carbonyl (C=O) groups is 1. The lowest BCUT2D eigenvalue weighted by Gasteiger charge is -2.31. The fraction of sp³-hybridized carbons (Fsp3) is 0.333. The van der Waals surface area contributed by atoms with Crippen molar-refractivity contribution in [3.05, 3.63) is 47.4 Å². The smallest absolute Gasteiger partial charge is 0.271 e. The monoisotopic (exact) mass is 359 g/mol. The second-order valence-electron chi connectivity index (χ2n) is 6.14. The quantitative estimate of drug-likeness (QED) is 0.720. The van der Waals surface area contributed by atoms with E-state index < -0.39 is 0 Å². The minimum absolute atomic E-state index is 0.0457. The molecular weight excluding hydrogens is 341 g/mol. The third-order valence-corrected chi connectivity index (χ3v) is 5.48. The Morgan fingerprint density at radius 1 is 1.36 bits per heavy atom. The molecule has 0 atom stereocenters. The first-order chi connectivity index (χ1) is 12.1. The molecule has 3 aromatic rings. The van der Waals surface area contributed by atoms with Crippen molar-refractivity contribution in [2.45, 2.75) is 18.9 Å². The van der Waals surface area contributed by atoms with E-state index in [9.17, 15) is 9.18 Å². The van der Waals surface area contributed by atoms with Crippen LogP contribution in [0.25, 0.3) is 16.2 Å². The first-order valence-electron chi connectivity index (χ1n) is 8.21. The van der Waals surface area contributed by atoms with Crippen LogP contribution in [0.2, 0.25) is 0 Å². The highest BCUT2D eigenvalue weighted by atomic mass is 32.1. The van der Waals surface area contributed by atoms with E-state index in [1.807, 2.05) is 12.4 Å². The maximum absolute atomic E-state index is 14.0. The molecule has 7 heteroatoms. The standard InChI is InChI=1S/C18H18FN3O2S/c1-21(12-6-8-24-9-7-12)17(23)16-11-25-18-20-15(10-22(16)18)13-4-2-3-5-14(13)19/h2-5,10-12H,6-9H2,1H3. The molecular formula is C18H18FN3O2S.